The molecule has 0 aliphatic carbocycles. The highest BCUT2D eigenvalue weighted by atomic mass is 32.1. The van der Waals surface area contributed by atoms with Crippen LogP contribution in [0.1, 0.15) is 15.9 Å². The molecule has 2 aromatic rings. The molecular formula is C13H8N4O3S. The van der Waals surface area contributed by atoms with E-state index in [2.05, 4.69) is 22.9 Å². The normalized spacial score (nSPS) is 9.71. The van der Waals surface area contributed by atoms with Gasteiger partial charge in [-0.25, -0.2) is 4.98 Å². The molecule has 1 aromatic carbocycles. The summed E-state index contributed by atoms with van der Waals surface area (Å²) < 4.78 is 0. The van der Waals surface area contributed by atoms with Gasteiger partial charge in [0.1, 0.15) is 11.9 Å². The van der Waals surface area contributed by atoms with Crippen LogP contribution in [0.2, 0.25) is 0 Å². The molecular weight excluding hydrogens is 292 g/mol. The molecule has 0 fully saturated rings. The zero-order valence-electron chi connectivity index (χ0n) is 10.5. The van der Waals surface area contributed by atoms with E-state index in [0.29, 0.717) is 10.5 Å². The Morgan fingerprint density at radius 1 is 1.38 bits per heavy atom. The zero-order chi connectivity index (χ0) is 15.4. The molecule has 0 saturated heterocycles. The van der Waals surface area contributed by atoms with E-state index in [1.807, 2.05) is 6.07 Å². The van der Waals surface area contributed by atoms with Crippen LogP contribution in [0.5, 0.6) is 0 Å². The fourth-order valence-electron chi connectivity index (χ4n) is 1.54. The Labute approximate surface area is 124 Å². The summed E-state index contributed by atoms with van der Waals surface area (Å²) in [6.45, 7) is 0. The van der Waals surface area contributed by atoms with Crippen LogP contribution in [0.3, 0.4) is 0 Å². The molecule has 0 aliphatic heterocycles. The standard InChI is InChI=1S/C13H8N4O3S/c14-6-8-1-4-12(15-7-8)16-13(18)10-5-9(17(19)20)2-3-11(10)21/h1-5,7,21H,(H,15,16,18). The Morgan fingerprint density at radius 3 is 2.71 bits per heavy atom. The number of nitro benzene ring substituents is 1. The number of hydrogen-bond donors (Lipinski definition) is 2. The van der Waals surface area contributed by atoms with Gasteiger partial charge in [0.15, 0.2) is 0 Å². The van der Waals surface area contributed by atoms with Gasteiger partial charge < -0.3 is 5.32 Å². The van der Waals surface area contributed by atoms with Gasteiger partial charge in [-0.2, -0.15) is 5.26 Å². The van der Waals surface area contributed by atoms with Crippen LogP contribution in [-0.4, -0.2) is 15.8 Å². The molecule has 1 amide bonds. The molecule has 0 saturated carbocycles. The van der Waals surface area contributed by atoms with Crippen molar-refractivity contribution < 1.29 is 9.72 Å². The van der Waals surface area contributed by atoms with E-state index in [4.69, 9.17) is 5.26 Å². The first-order valence-electron chi connectivity index (χ1n) is 5.66. The number of amides is 1. The lowest BCUT2D eigenvalue weighted by atomic mass is 10.2. The van der Waals surface area contributed by atoms with Crippen molar-refractivity contribution in [3.05, 3.63) is 57.8 Å². The Morgan fingerprint density at radius 2 is 2.14 bits per heavy atom. The number of nitrogens with zero attached hydrogens (tertiary/aromatic N) is 3. The van der Waals surface area contributed by atoms with Crippen LogP contribution in [0.25, 0.3) is 0 Å². The predicted octanol–water partition coefficient (Wildman–Crippen LogP) is 2.40. The molecule has 0 bridgehead atoms. The molecule has 0 radical (unpaired) electrons. The van der Waals surface area contributed by atoms with Crippen molar-refractivity contribution >= 4 is 30.0 Å². The second-order valence-corrected chi connectivity index (χ2v) is 4.44. The molecule has 7 nitrogen and oxygen atoms in total. The van der Waals surface area contributed by atoms with E-state index in [-0.39, 0.29) is 17.1 Å². The van der Waals surface area contributed by atoms with Crippen LogP contribution < -0.4 is 5.32 Å². The SMILES string of the molecule is N#Cc1ccc(NC(=O)c2cc([N+](=O)[O-])ccc2S)nc1. The van der Waals surface area contributed by atoms with Crippen molar-refractivity contribution in [2.45, 2.75) is 4.90 Å². The number of anilines is 1. The van der Waals surface area contributed by atoms with E-state index in [9.17, 15) is 14.9 Å². The third kappa shape index (κ3) is 3.34. The summed E-state index contributed by atoms with van der Waals surface area (Å²) in [5, 5.41) is 21.9. The van der Waals surface area contributed by atoms with Crippen molar-refractivity contribution in [3.63, 3.8) is 0 Å². The number of rotatable bonds is 3. The number of nitro groups is 1. The first-order chi connectivity index (χ1) is 10.0. The molecule has 2 rings (SSSR count). The number of nitriles is 1. The summed E-state index contributed by atoms with van der Waals surface area (Å²) in [7, 11) is 0. The van der Waals surface area contributed by atoms with Crippen molar-refractivity contribution in [2.75, 3.05) is 5.32 Å². The van der Waals surface area contributed by atoms with Crippen LogP contribution in [0, 0.1) is 21.4 Å². The van der Waals surface area contributed by atoms with Crippen molar-refractivity contribution in [2.24, 2.45) is 0 Å². The van der Waals surface area contributed by atoms with Crippen molar-refractivity contribution in [1.82, 2.24) is 4.98 Å². The summed E-state index contributed by atoms with van der Waals surface area (Å²) in [5.41, 5.74) is 0.225. The molecule has 1 aromatic heterocycles. The lowest BCUT2D eigenvalue weighted by Crippen LogP contribution is -2.14. The molecule has 0 aliphatic rings. The summed E-state index contributed by atoms with van der Waals surface area (Å²) in [5.74, 6) is -0.334. The maximum Gasteiger partial charge on any atom is 0.270 e. The minimum absolute atomic E-state index is 0.0682. The zero-order valence-corrected chi connectivity index (χ0v) is 11.4. The van der Waals surface area contributed by atoms with Gasteiger partial charge in [0.2, 0.25) is 0 Å². The number of carbonyl (C=O) groups excluding carboxylic acids is 1. The molecule has 0 atom stereocenters. The maximum atomic E-state index is 12.1. The van der Waals surface area contributed by atoms with Gasteiger partial charge in [-0.3, -0.25) is 14.9 Å². The van der Waals surface area contributed by atoms with Crippen LogP contribution in [0.15, 0.2) is 41.4 Å². The van der Waals surface area contributed by atoms with Gasteiger partial charge in [-0.05, 0) is 18.2 Å². The minimum atomic E-state index is -0.593. The van der Waals surface area contributed by atoms with E-state index < -0.39 is 10.8 Å². The van der Waals surface area contributed by atoms with Crippen LogP contribution in [0.4, 0.5) is 11.5 Å². The fraction of sp³-hybridized carbons (Fsp3) is 0. The third-order valence-corrected chi connectivity index (χ3v) is 2.96. The van der Waals surface area contributed by atoms with E-state index in [0.717, 1.165) is 6.07 Å². The predicted molar refractivity (Wildman–Crippen MR) is 77.3 cm³/mol. The second-order valence-electron chi connectivity index (χ2n) is 3.96. The van der Waals surface area contributed by atoms with Crippen molar-refractivity contribution in [1.29, 1.82) is 5.26 Å². The molecule has 8 heteroatoms. The number of hydrogen-bond acceptors (Lipinski definition) is 6. The summed E-state index contributed by atoms with van der Waals surface area (Å²) in [6.07, 6.45) is 1.31. The lowest BCUT2D eigenvalue weighted by molar-refractivity contribution is -0.384. The van der Waals surface area contributed by atoms with E-state index in [1.54, 1.807) is 0 Å². The van der Waals surface area contributed by atoms with Crippen LogP contribution >= 0.6 is 12.6 Å². The smallest absolute Gasteiger partial charge is 0.270 e. The van der Waals surface area contributed by atoms with Gasteiger partial charge in [-0.1, -0.05) is 0 Å². The van der Waals surface area contributed by atoms with Gasteiger partial charge in [0, 0.05) is 23.2 Å². The van der Waals surface area contributed by atoms with Gasteiger partial charge >= 0.3 is 0 Å². The number of thiol groups is 1. The Balaban J connectivity index is 2.25. The highest BCUT2D eigenvalue weighted by molar-refractivity contribution is 7.80. The number of nitrogens with one attached hydrogen (secondary N) is 1. The first-order valence-corrected chi connectivity index (χ1v) is 6.11. The number of carbonyl (C=O) groups is 1. The third-order valence-electron chi connectivity index (χ3n) is 2.57. The Bertz CT molecular complexity index is 753. The fourth-order valence-corrected chi connectivity index (χ4v) is 1.78. The number of aromatic nitrogens is 1. The molecule has 104 valence electrons. The van der Waals surface area contributed by atoms with Gasteiger partial charge in [0.25, 0.3) is 11.6 Å². The summed E-state index contributed by atoms with van der Waals surface area (Å²) >= 11 is 4.10. The lowest BCUT2D eigenvalue weighted by Gasteiger charge is -2.06. The topological polar surface area (TPSA) is 109 Å². The molecule has 1 N–H and O–H groups in total. The van der Waals surface area contributed by atoms with E-state index >= 15 is 0 Å². The summed E-state index contributed by atoms with van der Waals surface area (Å²) in [4.78, 5) is 26.4. The quantitative estimate of drug-likeness (QED) is 0.514. The first kappa shape index (κ1) is 14.5. The molecule has 1 heterocycles. The Kier molecular flexibility index (Phi) is 4.15. The highest BCUT2D eigenvalue weighted by Gasteiger charge is 2.15. The molecule has 0 unspecified atom stereocenters. The average molecular weight is 300 g/mol. The average Bonchev–Trinajstić information content (AvgIpc) is 2.48. The van der Waals surface area contributed by atoms with Crippen LogP contribution in [-0.2, 0) is 0 Å². The van der Waals surface area contributed by atoms with Crippen molar-refractivity contribution in [3.8, 4) is 6.07 Å². The number of pyridine rings is 1. The summed E-state index contributed by atoms with van der Waals surface area (Å²) in [6, 6.07) is 8.65. The monoisotopic (exact) mass is 300 g/mol. The van der Waals surface area contributed by atoms with Gasteiger partial charge in [0.05, 0.1) is 16.1 Å². The second kappa shape index (κ2) is 6.02. The minimum Gasteiger partial charge on any atom is -0.307 e. The van der Waals surface area contributed by atoms with Gasteiger partial charge in [-0.15, -0.1) is 12.6 Å². The molecule has 0 spiro atoms. The largest absolute Gasteiger partial charge is 0.307 e. The maximum absolute atomic E-state index is 12.1. The van der Waals surface area contributed by atoms with E-state index in [1.165, 1.54) is 30.5 Å². The molecule has 21 heavy (non-hydrogen) atoms. The number of non-ortho nitro benzene ring substituents is 1. The highest BCUT2D eigenvalue weighted by Crippen LogP contribution is 2.21. The Hall–Kier alpha value is -2.92. The number of benzene rings is 1.